The number of aromatic amines is 1. The van der Waals surface area contributed by atoms with Crippen LogP contribution < -0.4 is 5.90 Å². The first-order chi connectivity index (χ1) is 7.95. The van der Waals surface area contributed by atoms with Gasteiger partial charge in [-0.3, -0.25) is 20.2 Å². The standard InChI is InChI=1S/C3H2N6O6.H3NO/c10-7(11)2-1(4-6-5-2)3(8(12)13)9(14)15;1-2/h3H,(H,4,5,6);2H,1H2. The molecule has 1 heterocycles. The molecule has 0 spiro atoms. The van der Waals surface area contributed by atoms with Crippen molar-refractivity contribution in [2.75, 3.05) is 0 Å². The summed E-state index contributed by atoms with van der Waals surface area (Å²) >= 11 is 0. The number of rotatable bonds is 4. The number of nitro groups is 3. The lowest BCUT2D eigenvalue weighted by atomic mass is 10.3. The van der Waals surface area contributed by atoms with Gasteiger partial charge in [0.15, 0.2) is 0 Å². The zero-order valence-electron chi connectivity index (χ0n) is 7.79. The van der Waals surface area contributed by atoms with Crippen molar-refractivity contribution in [3.8, 4) is 0 Å². The van der Waals surface area contributed by atoms with E-state index < -0.39 is 32.4 Å². The fourth-order valence-corrected chi connectivity index (χ4v) is 0.818. The average molecular weight is 251 g/mol. The Morgan fingerprint density at radius 3 is 1.94 bits per heavy atom. The van der Waals surface area contributed by atoms with Gasteiger partial charge in [0.05, 0.1) is 5.10 Å². The van der Waals surface area contributed by atoms with Crippen LogP contribution in [0.5, 0.6) is 0 Å². The first-order valence-corrected chi connectivity index (χ1v) is 3.53. The molecule has 94 valence electrons. The SMILES string of the molecule is NO.O=[N+]([O-])c1n[nH]nc1C([N+](=O)[O-])[N+](=O)[O-]. The van der Waals surface area contributed by atoms with Crippen molar-refractivity contribution >= 4 is 5.82 Å². The molecule has 0 unspecified atom stereocenters. The van der Waals surface area contributed by atoms with Gasteiger partial charge in [-0.1, -0.05) is 0 Å². The highest BCUT2D eigenvalue weighted by Gasteiger charge is 2.45. The van der Waals surface area contributed by atoms with Crippen LogP contribution in [0.1, 0.15) is 11.9 Å². The summed E-state index contributed by atoms with van der Waals surface area (Å²) in [6.45, 7) is 0. The van der Waals surface area contributed by atoms with Gasteiger partial charge in [0.25, 0.3) is 0 Å². The third-order valence-corrected chi connectivity index (χ3v) is 1.37. The van der Waals surface area contributed by atoms with Crippen molar-refractivity contribution in [2.45, 2.75) is 6.17 Å². The van der Waals surface area contributed by atoms with E-state index in [4.69, 9.17) is 5.21 Å². The molecule has 0 aliphatic carbocycles. The molecule has 14 nitrogen and oxygen atoms in total. The van der Waals surface area contributed by atoms with Gasteiger partial charge in [-0.15, -0.1) is 10.3 Å². The zero-order chi connectivity index (χ0) is 13.6. The summed E-state index contributed by atoms with van der Waals surface area (Å²) in [5.41, 5.74) is -0.935. The first kappa shape index (κ1) is 14.3. The quantitative estimate of drug-likeness (QED) is 0.322. The highest BCUT2D eigenvalue weighted by molar-refractivity contribution is 5.23. The lowest BCUT2D eigenvalue weighted by Crippen LogP contribution is -2.21. The molecule has 0 atom stereocenters. The zero-order valence-corrected chi connectivity index (χ0v) is 7.79. The highest BCUT2D eigenvalue weighted by Crippen LogP contribution is 2.22. The third-order valence-electron chi connectivity index (χ3n) is 1.37. The molecule has 0 amide bonds. The fourth-order valence-electron chi connectivity index (χ4n) is 0.818. The minimum Gasteiger partial charge on any atom is -0.358 e. The molecular weight excluding hydrogens is 246 g/mol. The van der Waals surface area contributed by atoms with E-state index in [1.54, 1.807) is 5.21 Å². The van der Waals surface area contributed by atoms with Gasteiger partial charge in [-0.2, -0.15) is 0 Å². The molecule has 0 saturated carbocycles. The normalized spacial score (nSPS) is 9.35. The smallest absolute Gasteiger partial charge is 0.358 e. The van der Waals surface area contributed by atoms with Gasteiger partial charge in [0.1, 0.15) is 9.85 Å². The van der Waals surface area contributed by atoms with Gasteiger partial charge in [-0.05, 0) is 4.92 Å². The Hall–Kier alpha value is -2.74. The summed E-state index contributed by atoms with van der Waals surface area (Å²) in [5, 5.41) is 45.0. The van der Waals surface area contributed by atoms with Crippen LogP contribution in [0, 0.1) is 30.3 Å². The molecule has 14 heteroatoms. The number of nitrogens with zero attached hydrogens (tertiary/aromatic N) is 5. The predicted molar refractivity (Wildman–Crippen MR) is 45.7 cm³/mol. The van der Waals surface area contributed by atoms with Crippen LogP contribution in [0.2, 0.25) is 0 Å². The molecule has 4 N–H and O–H groups in total. The summed E-state index contributed by atoms with van der Waals surface area (Å²) in [7, 11) is 0. The van der Waals surface area contributed by atoms with Gasteiger partial charge in [0.2, 0.25) is 0 Å². The van der Waals surface area contributed by atoms with E-state index in [-0.39, 0.29) is 0 Å². The average Bonchev–Trinajstić information content (AvgIpc) is 2.68. The maximum absolute atomic E-state index is 10.3. The van der Waals surface area contributed by atoms with Crippen molar-refractivity contribution in [1.82, 2.24) is 15.4 Å². The molecule has 0 fully saturated rings. The second kappa shape index (κ2) is 5.98. The summed E-state index contributed by atoms with van der Waals surface area (Å²) in [6, 6.07) is 0. The molecule has 17 heavy (non-hydrogen) atoms. The third kappa shape index (κ3) is 3.11. The minimum atomic E-state index is -2.50. The van der Waals surface area contributed by atoms with E-state index >= 15 is 0 Å². The van der Waals surface area contributed by atoms with E-state index in [0.29, 0.717) is 0 Å². The van der Waals surface area contributed by atoms with E-state index in [9.17, 15) is 30.3 Å². The molecule has 0 aromatic carbocycles. The van der Waals surface area contributed by atoms with E-state index in [2.05, 4.69) is 16.1 Å². The first-order valence-electron chi connectivity index (χ1n) is 3.53. The van der Waals surface area contributed by atoms with Gasteiger partial charge in [0, 0.05) is 0 Å². The number of nitrogens with two attached hydrogens (primary N) is 1. The van der Waals surface area contributed by atoms with Crippen LogP contribution >= 0.6 is 0 Å². The molecule has 0 aliphatic heterocycles. The van der Waals surface area contributed by atoms with Crippen molar-refractivity contribution < 1.29 is 20.0 Å². The van der Waals surface area contributed by atoms with Crippen molar-refractivity contribution in [3.05, 3.63) is 36.0 Å². The second-order valence-electron chi connectivity index (χ2n) is 2.23. The molecular formula is C3H5N7O7. The Labute approximate surface area is 90.4 Å². The molecule has 0 bridgehead atoms. The van der Waals surface area contributed by atoms with Gasteiger partial charge >= 0.3 is 17.7 Å². The Kier molecular flexibility index (Phi) is 5.01. The predicted octanol–water partition coefficient (Wildman–Crippen LogP) is -1.40. The van der Waals surface area contributed by atoms with Crippen LogP contribution in [0.3, 0.4) is 0 Å². The molecule has 0 saturated heterocycles. The van der Waals surface area contributed by atoms with Crippen LogP contribution in [-0.4, -0.2) is 35.4 Å². The molecule has 1 aromatic heterocycles. The maximum atomic E-state index is 10.3. The van der Waals surface area contributed by atoms with Crippen LogP contribution in [-0.2, 0) is 0 Å². The maximum Gasteiger partial charge on any atom is 0.503 e. The number of hydrogen-bond donors (Lipinski definition) is 3. The lowest BCUT2D eigenvalue weighted by Gasteiger charge is -1.96. The summed E-state index contributed by atoms with van der Waals surface area (Å²) in [5.74, 6) is 2.47. The number of nitrogens with one attached hydrogen (secondary N) is 1. The van der Waals surface area contributed by atoms with E-state index in [1.165, 1.54) is 0 Å². The highest BCUT2D eigenvalue weighted by atomic mass is 16.7. The van der Waals surface area contributed by atoms with Crippen molar-refractivity contribution in [1.29, 1.82) is 0 Å². The molecule has 0 radical (unpaired) electrons. The Morgan fingerprint density at radius 1 is 1.12 bits per heavy atom. The van der Waals surface area contributed by atoms with E-state index in [1.807, 2.05) is 0 Å². The summed E-state index contributed by atoms with van der Waals surface area (Å²) in [4.78, 5) is 27.1. The number of H-pyrrole nitrogens is 1. The lowest BCUT2D eigenvalue weighted by molar-refractivity contribution is -0.753. The van der Waals surface area contributed by atoms with E-state index in [0.717, 1.165) is 0 Å². The Balaban J connectivity index is 0.00000121. The van der Waals surface area contributed by atoms with Crippen molar-refractivity contribution in [2.24, 2.45) is 5.90 Å². The topological polar surface area (TPSA) is 217 Å². The Bertz CT molecular complexity index is 413. The summed E-state index contributed by atoms with van der Waals surface area (Å²) in [6.07, 6.45) is -2.50. The number of hydrogen-bond acceptors (Lipinski definition) is 10. The number of aromatic nitrogens is 3. The van der Waals surface area contributed by atoms with Gasteiger partial charge in [-0.25, -0.2) is 5.90 Å². The molecule has 1 aromatic rings. The second-order valence-corrected chi connectivity index (χ2v) is 2.23. The minimum absolute atomic E-state index is 0.935. The van der Waals surface area contributed by atoms with Gasteiger partial charge < -0.3 is 15.3 Å². The van der Waals surface area contributed by atoms with Crippen LogP contribution in [0.25, 0.3) is 0 Å². The molecule has 0 aliphatic rings. The van der Waals surface area contributed by atoms with Crippen LogP contribution in [0.4, 0.5) is 5.82 Å². The van der Waals surface area contributed by atoms with Crippen molar-refractivity contribution in [3.63, 3.8) is 0 Å². The largest absolute Gasteiger partial charge is 0.503 e. The monoisotopic (exact) mass is 251 g/mol. The Morgan fingerprint density at radius 2 is 1.59 bits per heavy atom. The fraction of sp³-hybridized carbons (Fsp3) is 0.333. The molecule has 1 rings (SSSR count). The summed E-state index contributed by atoms with van der Waals surface area (Å²) < 4.78 is 0. The van der Waals surface area contributed by atoms with Crippen LogP contribution in [0.15, 0.2) is 0 Å².